The van der Waals surface area contributed by atoms with E-state index >= 15 is 0 Å². The molecule has 2 N–H and O–H groups in total. The van der Waals surface area contributed by atoms with Crippen molar-refractivity contribution in [3.05, 3.63) is 65.2 Å². The maximum atomic E-state index is 13.1. The summed E-state index contributed by atoms with van der Waals surface area (Å²) in [6.07, 6.45) is 1.06. The number of piperidine rings is 1. The summed E-state index contributed by atoms with van der Waals surface area (Å²) in [5, 5.41) is 6.31. The van der Waals surface area contributed by atoms with Gasteiger partial charge in [-0.15, -0.1) is 0 Å². The molecule has 7 nitrogen and oxygen atoms in total. The number of benzene rings is 2. The smallest absolute Gasteiger partial charge is 0.414 e. The first-order chi connectivity index (χ1) is 15.8. The number of hydrogen-bond donors (Lipinski definition) is 2. The van der Waals surface area contributed by atoms with Gasteiger partial charge in [-0.1, -0.05) is 42.5 Å². The number of amides is 2. The Kier molecular flexibility index (Phi) is 6.61. The van der Waals surface area contributed by atoms with E-state index in [9.17, 15) is 9.59 Å². The van der Waals surface area contributed by atoms with Crippen LogP contribution in [0.2, 0.25) is 0 Å². The van der Waals surface area contributed by atoms with Crippen LogP contribution in [0.1, 0.15) is 50.3 Å². The standard InChI is InChI=1S/C26H33N3O4/c1-25(2,3)33-23(30)28-16-20-10-7-11-21-22(20)26(12-14-27-15-13-26)18-29(21)24(31)32-17-19-8-5-4-6-9-19/h4-11,27H,12-18H2,1-3H3,(H,28,30). The Bertz CT molecular complexity index is 994. The molecule has 0 radical (unpaired) electrons. The van der Waals surface area contributed by atoms with Gasteiger partial charge in [0.15, 0.2) is 0 Å². The van der Waals surface area contributed by atoms with Crippen molar-refractivity contribution >= 4 is 17.9 Å². The largest absolute Gasteiger partial charge is 0.444 e. The number of rotatable bonds is 4. The Morgan fingerprint density at radius 3 is 2.48 bits per heavy atom. The number of anilines is 1. The summed E-state index contributed by atoms with van der Waals surface area (Å²) in [5.41, 5.74) is 3.27. The first-order valence-electron chi connectivity index (χ1n) is 11.6. The number of hydrogen-bond acceptors (Lipinski definition) is 5. The van der Waals surface area contributed by atoms with Gasteiger partial charge in [0.25, 0.3) is 0 Å². The van der Waals surface area contributed by atoms with Crippen LogP contribution in [0.25, 0.3) is 0 Å². The highest BCUT2D eigenvalue weighted by atomic mass is 16.6. The predicted molar refractivity (Wildman–Crippen MR) is 127 cm³/mol. The summed E-state index contributed by atoms with van der Waals surface area (Å²) in [7, 11) is 0. The van der Waals surface area contributed by atoms with Crippen LogP contribution in [-0.4, -0.2) is 37.4 Å². The zero-order valence-electron chi connectivity index (χ0n) is 19.6. The average molecular weight is 452 g/mol. The van der Waals surface area contributed by atoms with Crippen molar-refractivity contribution < 1.29 is 19.1 Å². The van der Waals surface area contributed by atoms with E-state index in [0.29, 0.717) is 13.1 Å². The van der Waals surface area contributed by atoms with Crippen molar-refractivity contribution in [2.75, 3.05) is 24.5 Å². The van der Waals surface area contributed by atoms with Gasteiger partial charge >= 0.3 is 12.2 Å². The molecule has 2 heterocycles. The molecule has 0 unspecified atom stereocenters. The van der Waals surface area contributed by atoms with Crippen molar-refractivity contribution in [1.82, 2.24) is 10.6 Å². The van der Waals surface area contributed by atoms with Gasteiger partial charge < -0.3 is 20.1 Å². The first-order valence-corrected chi connectivity index (χ1v) is 11.6. The lowest BCUT2D eigenvalue weighted by molar-refractivity contribution is 0.0523. The Balaban J connectivity index is 1.56. The maximum absolute atomic E-state index is 13.1. The number of ether oxygens (including phenoxy) is 2. The van der Waals surface area contributed by atoms with Crippen molar-refractivity contribution in [1.29, 1.82) is 0 Å². The molecular formula is C26H33N3O4. The Morgan fingerprint density at radius 2 is 1.79 bits per heavy atom. The summed E-state index contributed by atoms with van der Waals surface area (Å²) >= 11 is 0. The molecule has 2 aromatic rings. The third-order valence-electron chi connectivity index (χ3n) is 6.22. The van der Waals surface area contributed by atoms with Crippen molar-refractivity contribution in [3.8, 4) is 0 Å². The minimum absolute atomic E-state index is 0.154. The van der Waals surface area contributed by atoms with E-state index < -0.39 is 11.7 Å². The fraction of sp³-hybridized carbons (Fsp3) is 0.462. The zero-order valence-corrected chi connectivity index (χ0v) is 19.6. The van der Waals surface area contributed by atoms with Crippen molar-refractivity contribution in [3.63, 3.8) is 0 Å². The SMILES string of the molecule is CC(C)(C)OC(=O)NCc1cccc2c1C1(CCNCC1)CN2C(=O)OCc1ccccc1. The van der Waals surface area contributed by atoms with Crippen LogP contribution in [0.3, 0.4) is 0 Å². The van der Waals surface area contributed by atoms with Gasteiger partial charge in [-0.25, -0.2) is 9.59 Å². The molecule has 7 heteroatoms. The van der Waals surface area contributed by atoms with E-state index in [1.54, 1.807) is 4.90 Å². The highest BCUT2D eigenvalue weighted by Crippen LogP contribution is 2.48. The van der Waals surface area contributed by atoms with Gasteiger partial charge in [0.2, 0.25) is 0 Å². The molecular weight excluding hydrogens is 418 g/mol. The van der Waals surface area contributed by atoms with E-state index in [1.807, 2.05) is 69.3 Å². The summed E-state index contributed by atoms with van der Waals surface area (Å²) in [4.78, 5) is 27.2. The topological polar surface area (TPSA) is 79.9 Å². The van der Waals surface area contributed by atoms with E-state index in [0.717, 1.165) is 48.3 Å². The Morgan fingerprint density at radius 1 is 1.06 bits per heavy atom. The Labute approximate surface area is 195 Å². The molecule has 0 aromatic heterocycles. The minimum atomic E-state index is -0.557. The molecule has 4 rings (SSSR count). The van der Waals surface area contributed by atoms with Gasteiger partial charge in [0.05, 0.1) is 5.69 Å². The second-order valence-electron chi connectivity index (χ2n) is 9.82. The lowest BCUT2D eigenvalue weighted by Gasteiger charge is -2.35. The summed E-state index contributed by atoms with van der Waals surface area (Å²) < 4.78 is 11.1. The zero-order chi connectivity index (χ0) is 23.5. The number of fused-ring (bicyclic) bond motifs is 2. The van der Waals surface area contributed by atoms with Crippen LogP contribution in [0.4, 0.5) is 15.3 Å². The van der Waals surface area contributed by atoms with Crippen LogP contribution in [0.5, 0.6) is 0 Å². The van der Waals surface area contributed by atoms with Crippen LogP contribution in [0, 0.1) is 0 Å². The molecule has 0 atom stereocenters. The lowest BCUT2D eigenvalue weighted by atomic mass is 9.73. The first kappa shape index (κ1) is 23.1. The van der Waals surface area contributed by atoms with E-state index in [-0.39, 0.29) is 18.1 Å². The summed E-state index contributed by atoms with van der Waals surface area (Å²) in [6, 6.07) is 15.6. The van der Waals surface area contributed by atoms with Gasteiger partial charge in [0, 0.05) is 18.5 Å². The number of carbonyl (C=O) groups is 2. The molecule has 2 amide bonds. The summed E-state index contributed by atoms with van der Waals surface area (Å²) in [6.45, 7) is 8.48. The average Bonchev–Trinajstić information content (AvgIpc) is 3.10. The molecule has 1 spiro atoms. The molecule has 176 valence electrons. The fourth-order valence-corrected chi connectivity index (χ4v) is 4.79. The molecule has 2 aliphatic heterocycles. The number of carbonyl (C=O) groups excluding carboxylic acids is 2. The van der Waals surface area contributed by atoms with Gasteiger partial charge in [0.1, 0.15) is 12.2 Å². The number of nitrogens with one attached hydrogen (secondary N) is 2. The van der Waals surface area contributed by atoms with Crippen LogP contribution in [-0.2, 0) is 28.0 Å². The third-order valence-corrected chi connectivity index (χ3v) is 6.22. The van der Waals surface area contributed by atoms with E-state index in [2.05, 4.69) is 10.6 Å². The molecule has 2 aliphatic rings. The summed E-state index contributed by atoms with van der Waals surface area (Å²) in [5.74, 6) is 0. The quantitative estimate of drug-likeness (QED) is 0.716. The molecule has 0 aliphatic carbocycles. The molecule has 33 heavy (non-hydrogen) atoms. The monoisotopic (exact) mass is 451 g/mol. The normalized spacial score (nSPS) is 16.9. The Hall–Kier alpha value is -3.06. The highest BCUT2D eigenvalue weighted by Gasteiger charge is 2.47. The molecule has 0 saturated carbocycles. The predicted octanol–water partition coefficient (Wildman–Crippen LogP) is 4.49. The van der Waals surface area contributed by atoms with Crippen molar-refractivity contribution in [2.24, 2.45) is 0 Å². The molecule has 2 aromatic carbocycles. The van der Waals surface area contributed by atoms with Gasteiger partial charge in [-0.2, -0.15) is 0 Å². The van der Waals surface area contributed by atoms with Crippen molar-refractivity contribution in [2.45, 2.75) is 57.8 Å². The number of nitrogens with zero attached hydrogens (tertiary/aromatic N) is 1. The van der Waals surface area contributed by atoms with E-state index in [4.69, 9.17) is 9.47 Å². The molecule has 0 bridgehead atoms. The molecule has 1 fully saturated rings. The van der Waals surface area contributed by atoms with Crippen LogP contribution in [0.15, 0.2) is 48.5 Å². The second-order valence-corrected chi connectivity index (χ2v) is 9.82. The highest BCUT2D eigenvalue weighted by molar-refractivity contribution is 5.92. The third kappa shape index (κ3) is 5.30. The molecule has 1 saturated heterocycles. The number of alkyl carbamates (subject to hydrolysis) is 1. The van der Waals surface area contributed by atoms with Gasteiger partial charge in [-0.05, 0) is 69.5 Å². The van der Waals surface area contributed by atoms with Gasteiger partial charge in [-0.3, -0.25) is 4.90 Å². The van der Waals surface area contributed by atoms with Crippen LogP contribution < -0.4 is 15.5 Å². The minimum Gasteiger partial charge on any atom is -0.444 e. The maximum Gasteiger partial charge on any atom is 0.414 e. The van der Waals surface area contributed by atoms with E-state index in [1.165, 1.54) is 0 Å². The second kappa shape index (κ2) is 9.43. The van der Waals surface area contributed by atoms with Crippen LogP contribution >= 0.6 is 0 Å². The fourth-order valence-electron chi connectivity index (χ4n) is 4.79. The lowest BCUT2D eigenvalue weighted by Crippen LogP contribution is -2.44.